The molecule has 2 rings (SSSR count). The molecule has 0 aliphatic carbocycles. The van der Waals surface area contributed by atoms with Gasteiger partial charge in [0.1, 0.15) is 0 Å². The van der Waals surface area contributed by atoms with Gasteiger partial charge in [0.25, 0.3) is 0 Å². The maximum absolute atomic E-state index is 11.8. The number of nitrogens with one attached hydrogen (secondary N) is 3. The van der Waals surface area contributed by atoms with Gasteiger partial charge in [0.15, 0.2) is 0 Å². The minimum absolute atomic E-state index is 0.277. The molecule has 108 valence electrons. The third kappa shape index (κ3) is 3.96. The molecule has 1 atom stereocenters. The van der Waals surface area contributed by atoms with Crippen LogP contribution in [0.5, 0.6) is 0 Å². The quantitative estimate of drug-likeness (QED) is 0.726. The van der Waals surface area contributed by atoms with Gasteiger partial charge in [0.05, 0.1) is 12.7 Å². The molecule has 1 heterocycles. The fraction of sp³-hybridized carbons (Fsp3) is 0.429. The molecule has 0 spiro atoms. The minimum Gasteiger partial charge on any atom is -0.465 e. The predicted molar refractivity (Wildman–Crippen MR) is 75.8 cm³/mol. The van der Waals surface area contributed by atoms with Crippen molar-refractivity contribution in [2.45, 2.75) is 18.9 Å². The van der Waals surface area contributed by atoms with Crippen LogP contribution in [0.4, 0.5) is 10.5 Å². The van der Waals surface area contributed by atoms with Crippen LogP contribution in [0.1, 0.15) is 23.2 Å². The van der Waals surface area contributed by atoms with Gasteiger partial charge in [-0.2, -0.15) is 0 Å². The summed E-state index contributed by atoms with van der Waals surface area (Å²) in [5.74, 6) is -0.427. The van der Waals surface area contributed by atoms with E-state index >= 15 is 0 Å². The minimum atomic E-state index is -0.427. The van der Waals surface area contributed by atoms with E-state index in [9.17, 15) is 9.59 Å². The number of urea groups is 1. The highest BCUT2D eigenvalue weighted by atomic mass is 16.5. The van der Waals surface area contributed by atoms with Crippen molar-refractivity contribution in [2.75, 3.05) is 25.5 Å². The summed E-state index contributed by atoms with van der Waals surface area (Å²) in [7, 11) is 1.32. The van der Waals surface area contributed by atoms with E-state index in [1.54, 1.807) is 24.3 Å². The van der Waals surface area contributed by atoms with Crippen molar-refractivity contribution in [1.82, 2.24) is 10.6 Å². The van der Waals surface area contributed by atoms with Gasteiger partial charge in [0, 0.05) is 18.3 Å². The van der Waals surface area contributed by atoms with Crippen molar-refractivity contribution in [3.63, 3.8) is 0 Å². The standard InChI is InChI=1S/C14H19N3O3/c1-20-13(18)10-4-2-5-11(8-10)17-14(19)16-9-12-6-3-7-15-12/h2,4-5,8,12,15H,3,6-7,9H2,1H3,(H2,16,17,19)/t12-/m0/s1. The Bertz CT molecular complexity index is 484. The number of hydrogen-bond acceptors (Lipinski definition) is 4. The average molecular weight is 277 g/mol. The van der Waals surface area contributed by atoms with Crippen LogP contribution in [0.3, 0.4) is 0 Å². The zero-order chi connectivity index (χ0) is 14.4. The Balaban J connectivity index is 1.85. The number of esters is 1. The molecule has 1 aliphatic heterocycles. The number of ether oxygens (including phenoxy) is 1. The lowest BCUT2D eigenvalue weighted by Crippen LogP contribution is -2.39. The molecular formula is C14H19N3O3. The first-order valence-electron chi connectivity index (χ1n) is 6.65. The Morgan fingerprint density at radius 2 is 2.30 bits per heavy atom. The van der Waals surface area contributed by atoms with E-state index in [-0.39, 0.29) is 6.03 Å². The SMILES string of the molecule is COC(=O)c1cccc(NC(=O)NC[C@@H]2CCCN2)c1. The molecule has 0 aromatic heterocycles. The van der Waals surface area contributed by atoms with Crippen molar-refractivity contribution in [1.29, 1.82) is 0 Å². The van der Waals surface area contributed by atoms with E-state index in [0.29, 0.717) is 23.8 Å². The normalized spacial score (nSPS) is 17.6. The van der Waals surface area contributed by atoms with E-state index < -0.39 is 5.97 Å². The van der Waals surface area contributed by atoms with Crippen LogP contribution in [0, 0.1) is 0 Å². The number of amides is 2. The molecule has 1 aromatic rings. The van der Waals surface area contributed by atoms with E-state index in [1.807, 2.05) is 0 Å². The molecule has 0 bridgehead atoms. The lowest BCUT2D eigenvalue weighted by Gasteiger charge is -2.12. The topological polar surface area (TPSA) is 79.5 Å². The number of hydrogen-bond donors (Lipinski definition) is 3. The lowest BCUT2D eigenvalue weighted by molar-refractivity contribution is 0.0600. The number of methoxy groups -OCH3 is 1. The summed E-state index contributed by atoms with van der Waals surface area (Å²) in [6.07, 6.45) is 2.23. The Morgan fingerprint density at radius 3 is 3.00 bits per heavy atom. The van der Waals surface area contributed by atoms with Gasteiger partial charge in [-0.3, -0.25) is 0 Å². The van der Waals surface area contributed by atoms with Crippen LogP contribution < -0.4 is 16.0 Å². The van der Waals surface area contributed by atoms with Crippen LogP contribution in [0.2, 0.25) is 0 Å². The first-order chi connectivity index (χ1) is 9.69. The largest absolute Gasteiger partial charge is 0.465 e. The summed E-state index contributed by atoms with van der Waals surface area (Å²) in [6.45, 7) is 1.61. The molecule has 0 unspecified atom stereocenters. The Kier molecular flexibility index (Phi) is 4.95. The number of benzene rings is 1. The highest BCUT2D eigenvalue weighted by molar-refractivity contribution is 5.93. The Morgan fingerprint density at radius 1 is 1.45 bits per heavy atom. The number of anilines is 1. The maximum Gasteiger partial charge on any atom is 0.337 e. The van der Waals surface area contributed by atoms with E-state index in [2.05, 4.69) is 20.7 Å². The van der Waals surface area contributed by atoms with Crippen LogP contribution in [-0.2, 0) is 4.74 Å². The Hall–Kier alpha value is -2.08. The third-order valence-corrected chi connectivity index (χ3v) is 3.21. The third-order valence-electron chi connectivity index (χ3n) is 3.21. The lowest BCUT2D eigenvalue weighted by atomic mass is 10.2. The molecule has 6 heteroatoms. The fourth-order valence-corrected chi connectivity index (χ4v) is 2.16. The van der Waals surface area contributed by atoms with Gasteiger partial charge in [-0.15, -0.1) is 0 Å². The molecule has 2 amide bonds. The summed E-state index contributed by atoms with van der Waals surface area (Å²) >= 11 is 0. The van der Waals surface area contributed by atoms with Crippen LogP contribution in [0.25, 0.3) is 0 Å². The smallest absolute Gasteiger partial charge is 0.337 e. The van der Waals surface area contributed by atoms with E-state index in [1.165, 1.54) is 7.11 Å². The van der Waals surface area contributed by atoms with Crippen molar-refractivity contribution in [2.24, 2.45) is 0 Å². The molecule has 1 saturated heterocycles. The zero-order valence-corrected chi connectivity index (χ0v) is 11.4. The monoisotopic (exact) mass is 277 g/mol. The fourth-order valence-electron chi connectivity index (χ4n) is 2.16. The molecule has 1 aromatic carbocycles. The van der Waals surface area contributed by atoms with E-state index in [4.69, 9.17) is 0 Å². The van der Waals surface area contributed by atoms with Crippen molar-refractivity contribution >= 4 is 17.7 Å². The second kappa shape index (κ2) is 6.91. The number of rotatable bonds is 4. The number of carbonyl (C=O) groups excluding carboxylic acids is 2. The summed E-state index contributed by atoms with van der Waals surface area (Å²) in [5.41, 5.74) is 0.965. The molecule has 1 aliphatic rings. The van der Waals surface area contributed by atoms with Crippen LogP contribution >= 0.6 is 0 Å². The molecule has 20 heavy (non-hydrogen) atoms. The maximum atomic E-state index is 11.8. The van der Waals surface area contributed by atoms with Crippen molar-refractivity contribution in [3.05, 3.63) is 29.8 Å². The Labute approximate surface area is 117 Å². The first-order valence-corrected chi connectivity index (χ1v) is 6.65. The van der Waals surface area contributed by atoms with Gasteiger partial charge in [-0.05, 0) is 37.6 Å². The van der Waals surface area contributed by atoms with Crippen molar-refractivity contribution < 1.29 is 14.3 Å². The van der Waals surface area contributed by atoms with Gasteiger partial charge in [-0.25, -0.2) is 9.59 Å². The van der Waals surface area contributed by atoms with Gasteiger partial charge in [-0.1, -0.05) is 6.07 Å². The molecule has 6 nitrogen and oxygen atoms in total. The van der Waals surface area contributed by atoms with Gasteiger partial charge < -0.3 is 20.7 Å². The highest BCUT2D eigenvalue weighted by Crippen LogP contribution is 2.11. The summed E-state index contributed by atoms with van der Waals surface area (Å²) in [5, 5.41) is 8.81. The first kappa shape index (κ1) is 14.3. The van der Waals surface area contributed by atoms with Gasteiger partial charge in [0.2, 0.25) is 0 Å². The average Bonchev–Trinajstić information content (AvgIpc) is 2.98. The zero-order valence-electron chi connectivity index (χ0n) is 11.4. The molecule has 3 N–H and O–H groups in total. The summed E-state index contributed by atoms with van der Waals surface area (Å²) in [4.78, 5) is 23.1. The summed E-state index contributed by atoms with van der Waals surface area (Å²) < 4.78 is 4.64. The van der Waals surface area contributed by atoms with Crippen LogP contribution in [-0.4, -0.2) is 38.2 Å². The number of carbonyl (C=O) groups is 2. The predicted octanol–water partition coefficient (Wildman–Crippen LogP) is 1.35. The van der Waals surface area contributed by atoms with Crippen molar-refractivity contribution in [3.8, 4) is 0 Å². The highest BCUT2D eigenvalue weighted by Gasteiger charge is 2.14. The van der Waals surface area contributed by atoms with Gasteiger partial charge >= 0.3 is 12.0 Å². The second-order valence-corrected chi connectivity index (χ2v) is 4.70. The molecular weight excluding hydrogens is 258 g/mol. The molecule has 0 radical (unpaired) electrons. The van der Waals surface area contributed by atoms with E-state index in [0.717, 1.165) is 19.4 Å². The molecule has 1 fully saturated rings. The molecule has 0 saturated carbocycles. The van der Waals surface area contributed by atoms with Crippen LogP contribution in [0.15, 0.2) is 24.3 Å². The second-order valence-electron chi connectivity index (χ2n) is 4.70. The summed E-state index contributed by atoms with van der Waals surface area (Å²) in [6, 6.07) is 6.71.